The molecule has 8 nitrogen and oxygen atoms in total. The number of carbonyl (C=O) groups is 1. The molecule has 3 heterocycles. The highest BCUT2D eigenvalue weighted by Crippen LogP contribution is 2.37. The molecule has 214 valence electrons. The third kappa shape index (κ3) is 5.23. The first-order valence-corrected chi connectivity index (χ1v) is 14.7. The van der Waals surface area contributed by atoms with Gasteiger partial charge in [0, 0.05) is 36.1 Å². The fourth-order valence-corrected chi connectivity index (χ4v) is 6.62. The minimum Gasteiger partial charge on any atom is -0.497 e. The van der Waals surface area contributed by atoms with Crippen LogP contribution in [0.25, 0.3) is 6.08 Å². The van der Waals surface area contributed by atoms with Gasteiger partial charge in [0.2, 0.25) is 0 Å². The number of carbonyl (C=O) groups excluding carboxylic acids is 1. The molecule has 4 aromatic rings. The Morgan fingerprint density at radius 1 is 1.00 bits per heavy atom. The topological polar surface area (TPSA) is 85.2 Å². The first-order valence-electron chi connectivity index (χ1n) is 13.9. The Bertz CT molecular complexity index is 1840. The van der Waals surface area contributed by atoms with Crippen LogP contribution in [-0.4, -0.2) is 37.8 Å². The van der Waals surface area contributed by atoms with E-state index in [4.69, 9.17) is 14.5 Å². The van der Waals surface area contributed by atoms with E-state index in [1.165, 1.54) is 29.9 Å². The first-order chi connectivity index (χ1) is 20.5. The quantitative estimate of drug-likeness (QED) is 0.348. The highest BCUT2D eigenvalue weighted by molar-refractivity contribution is 7.07. The van der Waals surface area contributed by atoms with E-state index in [2.05, 4.69) is 22.3 Å². The van der Waals surface area contributed by atoms with E-state index in [0.717, 1.165) is 18.7 Å². The monoisotopic (exact) mass is 580 g/mol. The van der Waals surface area contributed by atoms with Crippen LogP contribution in [0, 0.1) is 0 Å². The molecule has 1 atom stereocenters. The van der Waals surface area contributed by atoms with Gasteiger partial charge in [0.05, 0.1) is 30.0 Å². The summed E-state index contributed by atoms with van der Waals surface area (Å²) in [6.07, 6.45) is 4.32. The molecule has 1 fully saturated rings. The van der Waals surface area contributed by atoms with Crippen LogP contribution in [0.2, 0.25) is 0 Å². The fourth-order valence-electron chi connectivity index (χ4n) is 5.58. The molecule has 9 heteroatoms. The van der Waals surface area contributed by atoms with Gasteiger partial charge >= 0.3 is 0 Å². The Kier molecular flexibility index (Phi) is 7.67. The van der Waals surface area contributed by atoms with Crippen LogP contribution in [0.1, 0.15) is 36.9 Å². The minimum absolute atomic E-state index is 0.220. The molecule has 0 bridgehead atoms. The van der Waals surface area contributed by atoms with Crippen molar-refractivity contribution in [2.24, 2.45) is 4.99 Å². The fraction of sp³-hybridized carbons (Fsp3) is 0.242. The lowest BCUT2D eigenvalue weighted by molar-refractivity contribution is -0.113. The number of amides is 1. The van der Waals surface area contributed by atoms with Gasteiger partial charge in [-0.2, -0.15) is 0 Å². The van der Waals surface area contributed by atoms with Crippen LogP contribution in [0.15, 0.2) is 93.9 Å². The van der Waals surface area contributed by atoms with E-state index in [0.29, 0.717) is 43.4 Å². The van der Waals surface area contributed by atoms with Crippen molar-refractivity contribution in [1.29, 1.82) is 0 Å². The molecule has 1 saturated heterocycles. The van der Waals surface area contributed by atoms with Crippen molar-refractivity contribution in [2.45, 2.75) is 25.8 Å². The van der Waals surface area contributed by atoms with E-state index in [-0.39, 0.29) is 11.5 Å². The van der Waals surface area contributed by atoms with E-state index in [1.54, 1.807) is 37.8 Å². The summed E-state index contributed by atoms with van der Waals surface area (Å²) in [5.74, 6) is 0.777. The maximum absolute atomic E-state index is 14.1. The Morgan fingerprint density at radius 2 is 1.74 bits per heavy atom. The third-order valence-corrected chi connectivity index (χ3v) is 8.68. The van der Waals surface area contributed by atoms with Gasteiger partial charge in [-0.1, -0.05) is 41.7 Å². The molecule has 1 amide bonds. The van der Waals surface area contributed by atoms with Gasteiger partial charge in [-0.25, -0.2) is 4.99 Å². The second kappa shape index (κ2) is 11.7. The number of hydrogen-bond donors (Lipinski definition) is 1. The molecule has 2 aliphatic heterocycles. The normalized spacial score (nSPS) is 16.7. The molecule has 0 aliphatic carbocycles. The Balaban J connectivity index is 1.47. The van der Waals surface area contributed by atoms with E-state index < -0.39 is 6.04 Å². The smallest absolute Gasteiger partial charge is 0.271 e. The van der Waals surface area contributed by atoms with Crippen LogP contribution in [0.3, 0.4) is 0 Å². The highest BCUT2D eigenvalue weighted by atomic mass is 32.1. The zero-order valence-corrected chi connectivity index (χ0v) is 24.6. The second-order valence-corrected chi connectivity index (χ2v) is 11.3. The summed E-state index contributed by atoms with van der Waals surface area (Å²) in [4.78, 5) is 35.6. The van der Waals surface area contributed by atoms with Gasteiger partial charge in [-0.05, 0) is 67.8 Å². The zero-order chi connectivity index (χ0) is 29.2. The molecule has 42 heavy (non-hydrogen) atoms. The third-order valence-electron chi connectivity index (χ3n) is 7.70. The predicted molar refractivity (Wildman–Crippen MR) is 166 cm³/mol. The summed E-state index contributed by atoms with van der Waals surface area (Å²) in [7, 11) is 3.14. The Hall–Kier alpha value is -4.63. The number of methoxy groups -OCH3 is 2. The van der Waals surface area contributed by atoms with Gasteiger partial charge in [0.1, 0.15) is 17.5 Å². The van der Waals surface area contributed by atoms with Crippen molar-refractivity contribution in [3.63, 3.8) is 0 Å². The second-order valence-electron chi connectivity index (χ2n) is 10.3. The maximum Gasteiger partial charge on any atom is 0.271 e. The number of anilines is 2. The van der Waals surface area contributed by atoms with Crippen molar-refractivity contribution >= 4 is 34.7 Å². The Morgan fingerprint density at radius 3 is 2.43 bits per heavy atom. The van der Waals surface area contributed by atoms with Crippen molar-refractivity contribution in [1.82, 2.24) is 4.57 Å². The van der Waals surface area contributed by atoms with Gasteiger partial charge in [0.15, 0.2) is 4.80 Å². The predicted octanol–water partition coefficient (Wildman–Crippen LogP) is 4.49. The zero-order valence-electron chi connectivity index (χ0n) is 23.8. The molecular weight excluding hydrogens is 548 g/mol. The first kappa shape index (κ1) is 27.5. The van der Waals surface area contributed by atoms with Crippen LogP contribution in [-0.2, 0) is 4.79 Å². The molecule has 0 radical (unpaired) electrons. The summed E-state index contributed by atoms with van der Waals surface area (Å²) in [6, 6.07) is 22.2. The molecule has 0 unspecified atom stereocenters. The molecule has 0 saturated carbocycles. The molecule has 1 aromatic heterocycles. The number of hydrogen-bond acceptors (Lipinski definition) is 7. The lowest BCUT2D eigenvalue weighted by Crippen LogP contribution is -2.40. The maximum atomic E-state index is 14.1. The van der Waals surface area contributed by atoms with Crippen molar-refractivity contribution < 1.29 is 14.3 Å². The van der Waals surface area contributed by atoms with Crippen LogP contribution >= 0.6 is 11.3 Å². The number of allylic oxidation sites excluding steroid dienone is 1. The summed E-state index contributed by atoms with van der Waals surface area (Å²) in [6.45, 7) is 3.95. The van der Waals surface area contributed by atoms with Gasteiger partial charge in [-0.3, -0.25) is 14.2 Å². The molecule has 2 aliphatic rings. The molecule has 1 N–H and O–H groups in total. The minimum atomic E-state index is -0.759. The van der Waals surface area contributed by atoms with E-state index in [9.17, 15) is 9.59 Å². The van der Waals surface area contributed by atoms with Gasteiger partial charge in [-0.15, -0.1) is 0 Å². The average molecular weight is 581 g/mol. The number of aromatic nitrogens is 1. The summed E-state index contributed by atoms with van der Waals surface area (Å²) < 4.78 is 13.3. The number of ether oxygens (including phenoxy) is 2. The van der Waals surface area contributed by atoms with Crippen molar-refractivity contribution in [3.8, 4) is 11.5 Å². The molecule has 6 rings (SSSR count). The van der Waals surface area contributed by atoms with Crippen LogP contribution < -0.4 is 34.6 Å². The van der Waals surface area contributed by atoms with Gasteiger partial charge in [0.25, 0.3) is 11.5 Å². The molecule has 3 aromatic carbocycles. The number of nitrogens with one attached hydrogen (secondary N) is 1. The number of rotatable bonds is 7. The number of benzene rings is 3. The lowest BCUT2D eigenvalue weighted by atomic mass is 9.94. The number of thiazole rings is 1. The SMILES string of the molecule is COc1ccc([C@@H]2C(C(=O)Nc3ccccc3)=C(C)N=c3s/c(=C/c4ccc(N5CCCC5)cc4)c(=O)n32)c(OC)c1. The lowest BCUT2D eigenvalue weighted by Gasteiger charge is -2.26. The van der Waals surface area contributed by atoms with Crippen molar-refractivity contribution in [3.05, 3.63) is 115 Å². The number of fused-ring (bicyclic) bond motifs is 1. The summed E-state index contributed by atoms with van der Waals surface area (Å²) >= 11 is 1.31. The standard InChI is InChI=1S/C33H32N4O4S/c1-21-29(31(38)35-23-9-5-4-6-10-23)30(26-16-15-25(40-2)20-27(26)41-3)37-32(39)28(42-33(37)34-21)19-22-11-13-24(14-12-22)36-17-7-8-18-36/h4-6,9-16,19-20,30H,7-8,17-18H2,1-3H3,(H,35,38)/b28-19+/t30-/m1/s1. The van der Waals surface area contributed by atoms with Crippen LogP contribution in [0.4, 0.5) is 11.4 Å². The highest BCUT2D eigenvalue weighted by Gasteiger charge is 2.34. The van der Waals surface area contributed by atoms with Gasteiger partial charge < -0.3 is 19.7 Å². The molecular formula is C33H32N4O4S. The van der Waals surface area contributed by atoms with Crippen LogP contribution in [0.5, 0.6) is 11.5 Å². The Labute approximate surface area is 247 Å². The molecule has 0 spiro atoms. The average Bonchev–Trinajstić information content (AvgIpc) is 3.65. The number of nitrogens with zero attached hydrogens (tertiary/aromatic N) is 3. The largest absolute Gasteiger partial charge is 0.497 e. The summed E-state index contributed by atoms with van der Waals surface area (Å²) in [5, 5.41) is 2.98. The number of para-hydroxylation sites is 1. The summed E-state index contributed by atoms with van der Waals surface area (Å²) in [5.41, 5.74) is 4.13. The van der Waals surface area contributed by atoms with E-state index in [1.807, 2.05) is 54.6 Å². The van der Waals surface area contributed by atoms with E-state index >= 15 is 0 Å². The van der Waals surface area contributed by atoms with Crippen molar-refractivity contribution in [2.75, 3.05) is 37.5 Å².